The molecule has 1 unspecified atom stereocenters. The summed E-state index contributed by atoms with van der Waals surface area (Å²) < 4.78 is 7.35. The molecule has 0 radical (unpaired) electrons. The maximum Gasteiger partial charge on any atom is 0.335 e. The summed E-state index contributed by atoms with van der Waals surface area (Å²) in [5.41, 5.74) is 0.422. The molecular weight excluding hydrogens is 260 g/mol. The lowest BCUT2D eigenvalue weighted by Gasteiger charge is -2.24. The van der Waals surface area contributed by atoms with E-state index in [9.17, 15) is 9.59 Å². The molecule has 20 heavy (non-hydrogen) atoms. The molecule has 0 amide bonds. The third kappa shape index (κ3) is 2.16. The summed E-state index contributed by atoms with van der Waals surface area (Å²) in [6.45, 7) is 0.756. The van der Waals surface area contributed by atoms with Crippen LogP contribution in [-0.4, -0.2) is 33.0 Å². The third-order valence-electron chi connectivity index (χ3n) is 3.29. The van der Waals surface area contributed by atoms with Crippen LogP contribution >= 0.6 is 0 Å². The minimum Gasteiger partial charge on any atom is -0.492 e. The van der Waals surface area contributed by atoms with E-state index in [-0.39, 0.29) is 23.9 Å². The number of Topliss-reactive ketones (excluding diaryl/α,β-unsaturated/α-hetero) is 1. The first-order valence-electron chi connectivity index (χ1n) is 6.15. The quantitative estimate of drug-likeness (QED) is 0.915. The van der Waals surface area contributed by atoms with Crippen molar-refractivity contribution in [3.05, 3.63) is 48.0 Å². The zero-order chi connectivity index (χ0) is 14.1. The van der Waals surface area contributed by atoms with Crippen molar-refractivity contribution in [2.75, 3.05) is 6.61 Å². The van der Waals surface area contributed by atoms with Gasteiger partial charge >= 0.3 is 5.97 Å². The van der Waals surface area contributed by atoms with Gasteiger partial charge < -0.3 is 14.4 Å². The Labute approximate surface area is 114 Å². The monoisotopic (exact) mass is 272 g/mol. The van der Waals surface area contributed by atoms with Gasteiger partial charge in [-0.15, -0.1) is 0 Å². The standard InChI is InChI=1S/C14H12N2O4/c17-13-10(6-16-4-3-15-8-16)7-20-12-2-1-9(14(18)19)5-11(12)13/h1-5,8,10H,6-7H2,(H,18,19). The molecule has 0 saturated heterocycles. The molecule has 1 aliphatic heterocycles. The van der Waals surface area contributed by atoms with E-state index in [1.54, 1.807) is 23.3 Å². The van der Waals surface area contributed by atoms with Crippen molar-refractivity contribution in [3.8, 4) is 5.75 Å². The van der Waals surface area contributed by atoms with Crippen LogP contribution in [0.15, 0.2) is 36.9 Å². The number of nitrogens with zero attached hydrogens (tertiary/aromatic N) is 2. The Bertz CT molecular complexity index is 664. The molecule has 1 aromatic heterocycles. The van der Waals surface area contributed by atoms with E-state index in [4.69, 9.17) is 9.84 Å². The van der Waals surface area contributed by atoms with Gasteiger partial charge in [0, 0.05) is 18.9 Å². The van der Waals surface area contributed by atoms with Gasteiger partial charge in [-0.1, -0.05) is 0 Å². The van der Waals surface area contributed by atoms with Gasteiger partial charge in [-0.05, 0) is 18.2 Å². The minimum atomic E-state index is -1.06. The van der Waals surface area contributed by atoms with Crippen LogP contribution < -0.4 is 4.74 Å². The number of benzene rings is 1. The molecule has 2 heterocycles. The SMILES string of the molecule is O=C(O)c1ccc2c(c1)C(=O)C(Cn1ccnc1)CO2. The molecule has 6 nitrogen and oxygen atoms in total. The molecule has 1 atom stereocenters. The summed E-state index contributed by atoms with van der Waals surface area (Å²) >= 11 is 0. The van der Waals surface area contributed by atoms with E-state index in [0.29, 0.717) is 17.9 Å². The average molecular weight is 272 g/mol. The van der Waals surface area contributed by atoms with Crippen LogP contribution in [-0.2, 0) is 6.54 Å². The first-order chi connectivity index (χ1) is 9.65. The zero-order valence-electron chi connectivity index (χ0n) is 10.5. The second-order valence-electron chi connectivity index (χ2n) is 4.65. The number of ether oxygens (including phenoxy) is 1. The number of aromatic nitrogens is 2. The fourth-order valence-electron chi connectivity index (χ4n) is 2.25. The predicted molar refractivity (Wildman–Crippen MR) is 68.9 cm³/mol. The summed E-state index contributed by atoms with van der Waals surface area (Å²) in [4.78, 5) is 27.3. The number of carbonyl (C=O) groups is 2. The lowest BCUT2D eigenvalue weighted by Crippen LogP contribution is -2.31. The Morgan fingerprint density at radius 2 is 2.35 bits per heavy atom. The largest absolute Gasteiger partial charge is 0.492 e. The Morgan fingerprint density at radius 1 is 1.50 bits per heavy atom. The Hall–Kier alpha value is -2.63. The van der Waals surface area contributed by atoms with Gasteiger partial charge in [-0.3, -0.25) is 4.79 Å². The van der Waals surface area contributed by atoms with Crippen LogP contribution in [0.3, 0.4) is 0 Å². The second kappa shape index (κ2) is 4.80. The van der Waals surface area contributed by atoms with Gasteiger partial charge in [-0.25, -0.2) is 9.78 Å². The fraction of sp³-hybridized carbons (Fsp3) is 0.214. The smallest absolute Gasteiger partial charge is 0.335 e. The van der Waals surface area contributed by atoms with Crippen LogP contribution in [0.2, 0.25) is 0 Å². The minimum absolute atomic E-state index is 0.0870. The van der Waals surface area contributed by atoms with Crippen molar-refractivity contribution in [2.24, 2.45) is 5.92 Å². The van der Waals surface area contributed by atoms with Gasteiger partial charge in [-0.2, -0.15) is 0 Å². The van der Waals surface area contributed by atoms with E-state index in [1.807, 2.05) is 0 Å². The molecule has 3 rings (SSSR count). The van der Waals surface area contributed by atoms with Crippen molar-refractivity contribution < 1.29 is 19.4 Å². The van der Waals surface area contributed by atoms with Crippen molar-refractivity contribution in [2.45, 2.75) is 6.54 Å². The van der Waals surface area contributed by atoms with Crippen LogP contribution in [0.5, 0.6) is 5.75 Å². The molecule has 0 saturated carbocycles. The first kappa shape index (κ1) is 12.4. The summed E-state index contributed by atoms with van der Waals surface area (Å²) in [7, 11) is 0. The first-order valence-corrected chi connectivity index (χ1v) is 6.15. The summed E-state index contributed by atoms with van der Waals surface area (Å²) in [5, 5.41) is 8.98. The molecule has 2 aromatic rings. The number of imidazole rings is 1. The summed E-state index contributed by atoms with van der Waals surface area (Å²) in [6, 6.07) is 4.34. The van der Waals surface area contributed by atoms with Crippen LogP contribution in [0.1, 0.15) is 20.7 Å². The normalized spacial score (nSPS) is 17.4. The maximum absolute atomic E-state index is 12.4. The number of hydrogen-bond donors (Lipinski definition) is 1. The van der Waals surface area contributed by atoms with Gasteiger partial charge in [0.2, 0.25) is 0 Å². The fourth-order valence-corrected chi connectivity index (χ4v) is 2.25. The van der Waals surface area contributed by atoms with Gasteiger partial charge in [0.15, 0.2) is 5.78 Å². The van der Waals surface area contributed by atoms with Crippen molar-refractivity contribution in [1.82, 2.24) is 9.55 Å². The molecule has 1 aliphatic rings. The number of aromatic carboxylic acids is 1. The highest BCUT2D eigenvalue weighted by Crippen LogP contribution is 2.29. The molecule has 1 N–H and O–H groups in total. The molecule has 6 heteroatoms. The van der Waals surface area contributed by atoms with Gasteiger partial charge in [0.25, 0.3) is 0 Å². The lowest BCUT2D eigenvalue weighted by molar-refractivity contribution is 0.0696. The molecule has 0 fully saturated rings. The number of ketones is 1. The van der Waals surface area contributed by atoms with Gasteiger partial charge in [0.1, 0.15) is 12.4 Å². The van der Waals surface area contributed by atoms with E-state index in [1.165, 1.54) is 18.2 Å². The van der Waals surface area contributed by atoms with Crippen molar-refractivity contribution in [3.63, 3.8) is 0 Å². The van der Waals surface area contributed by atoms with Gasteiger partial charge in [0.05, 0.1) is 23.4 Å². The second-order valence-corrected chi connectivity index (χ2v) is 4.65. The Balaban J connectivity index is 1.89. The Morgan fingerprint density at radius 3 is 3.05 bits per heavy atom. The van der Waals surface area contributed by atoms with Crippen LogP contribution in [0.4, 0.5) is 0 Å². The highest BCUT2D eigenvalue weighted by Gasteiger charge is 2.29. The van der Waals surface area contributed by atoms with E-state index in [2.05, 4.69) is 4.98 Å². The van der Waals surface area contributed by atoms with E-state index >= 15 is 0 Å². The van der Waals surface area contributed by atoms with E-state index < -0.39 is 5.97 Å². The number of fused-ring (bicyclic) bond motifs is 1. The van der Waals surface area contributed by atoms with Crippen molar-refractivity contribution >= 4 is 11.8 Å². The number of carboxylic acid groups (broad SMARTS) is 1. The highest BCUT2D eigenvalue weighted by atomic mass is 16.5. The predicted octanol–water partition coefficient (Wildman–Crippen LogP) is 1.47. The molecular formula is C14H12N2O4. The van der Waals surface area contributed by atoms with E-state index in [0.717, 1.165) is 0 Å². The number of rotatable bonds is 3. The third-order valence-corrected chi connectivity index (χ3v) is 3.29. The van der Waals surface area contributed by atoms with Crippen molar-refractivity contribution in [1.29, 1.82) is 0 Å². The number of carboxylic acids is 1. The summed E-state index contributed by atoms with van der Waals surface area (Å²) in [6.07, 6.45) is 5.05. The zero-order valence-corrected chi connectivity index (χ0v) is 10.5. The number of hydrogen-bond acceptors (Lipinski definition) is 4. The molecule has 0 spiro atoms. The average Bonchev–Trinajstić information content (AvgIpc) is 2.94. The summed E-state index contributed by atoms with van der Waals surface area (Å²) in [5.74, 6) is -1.04. The maximum atomic E-state index is 12.4. The lowest BCUT2D eigenvalue weighted by atomic mass is 9.93. The molecule has 1 aromatic carbocycles. The van der Waals surface area contributed by atoms with Crippen LogP contribution in [0.25, 0.3) is 0 Å². The van der Waals surface area contributed by atoms with Crippen LogP contribution in [0, 0.1) is 5.92 Å². The number of carbonyl (C=O) groups excluding carboxylic acids is 1. The highest BCUT2D eigenvalue weighted by molar-refractivity contribution is 6.03. The molecule has 102 valence electrons. The molecule has 0 bridgehead atoms. The molecule has 0 aliphatic carbocycles. The Kier molecular flexibility index (Phi) is 2.98. The topological polar surface area (TPSA) is 81.4 Å².